The van der Waals surface area contributed by atoms with Crippen LogP contribution in [-0.2, 0) is 16.1 Å². The smallest absolute Gasteiger partial charge is 0.228 e. The number of carbonyl (C=O) groups is 1. The van der Waals surface area contributed by atoms with Crippen LogP contribution in [0.15, 0.2) is 24.4 Å². The maximum absolute atomic E-state index is 13.5. The molecule has 28 heavy (non-hydrogen) atoms. The third-order valence-electron chi connectivity index (χ3n) is 7.18. The van der Waals surface area contributed by atoms with Crippen molar-refractivity contribution in [1.82, 2.24) is 20.1 Å². The molecule has 1 aromatic heterocycles. The molecule has 3 fully saturated rings. The van der Waals surface area contributed by atoms with E-state index in [-0.39, 0.29) is 11.3 Å². The Bertz CT molecular complexity index is 649. The SMILES string of the molecule is CCN1CC[C@@H]2C[C@@H](N3CCOCC3)CC[C@@]2(C(=O)NCc2ccccn2)C1. The van der Waals surface area contributed by atoms with Crippen molar-refractivity contribution in [2.24, 2.45) is 11.3 Å². The van der Waals surface area contributed by atoms with E-state index in [0.717, 1.165) is 77.3 Å². The highest BCUT2D eigenvalue weighted by Crippen LogP contribution is 2.47. The van der Waals surface area contributed by atoms with Gasteiger partial charge in [-0.2, -0.15) is 0 Å². The molecule has 4 rings (SSSR count). The zero-order valence-corrected chi connectivity index (χ0v) is 17.1. The molecule has 1 N–H and O–H groups in total. The monoisotopic (exact) mass is 386 g/mol. The molecule has 0 bridgehead atoms. The molecule has 3 aliphatic rings. The summed E-state index contributed by atoms with van der Waals surface area (Å²) in [4.78, 5) is 22.9. The van der Waals surface area contributed by atoms with Crippen LogP contribution in [0.1, 0.15) is 38.3 Å². The fourth-order valence-electron chi connectivity index (χ4n) is 5.48. The topological polar surface area (TPSA) is 57.7 Å². The van der Waals surface area contributed by atoms with Crippen LogP contribution in [0.25, 0.3) is 0 Å². The van der Waals surface area contributed by atoms with Crippen molar-refractivity contribution in [2.45, 2.75) is 45.2 Å². The van der Waals surface area contributed by atoms with Gasteiger partial charge in [-0.1, -0.05) is 13.0 Å². The van der Waals surface area contributed by atoms with Crippen LogP contribution >= 0.6 is 0 Å². The first-order chi connectivity index (χ1) is 13.7. The van der Waals surface area contributed by atoms with Crippen molar-refractivity contribution < 1.29 is 9.53 Å². The molecule has 3 heterocycles. The van der Waals surface area contributed by atoms with Gasteiger partial charge >= 0.3 is 0 Å². The van der Waals surface area contributed by atoms with Gasteiger partial charge in [0.1, 0.15) is 0 Å². The van der Waals surface area contributed by atoms with E-state index >= 15 is 0 Å². The molecule has 3 atom stereocenters. The molecule has 1 saturated carbocycles. The van der Waals surface area contributed by atoms with E-state index in [0.29, 0.717) is 18.5 Å². The first-order valence-corrected chi connectivity index (χ1v) is 10.9. The summed E-state index contributed by atoms with van der Waals surface area (Å²) in [5.74, 6) is 0.711. The van der Waals surface area contributed by atoms with Crippen LogP contribution in [-0.4, -0.2) is 72.7 Å². The summed E-state index contributed by atoms with van der Waals surface area (Å²) in [6.45, 7) is 9.54. The van der Waals surface area contributed by atoms with Gasteiger partial charge in [0.2, 0.25) is 5.91 Å². The van der Waals surface area contributed by atoms with Crippen LogP contribution < -0.4 is 5.32 Å². The molecule has 1 aromatic rings. The van der Waals surface area contributed by atoms with Gasteiger partial charge in [-0.15, -0.1) is 0 Å². The Hall–Kier alpha value is -1.50. The van der Waals surface area contributed by atoms with E-state index in [9.17, 15) is 4.79 Å². The third kappa shape index (κ3) is 4.09. The average molecular weight is 387 g/mol. The molecule has 1 amide bonds. The highest BCUT2D eigenvalue weighted by atomic mass is 16.5. The summed E-state index contributed by atoms with van der Waals surface area (Å²) >= 11 is 0. The summed E-state index contributed by atoms with van der Waals surface area (Å²) in [6.07, 6.45) is 6.17. The standard InChI is InChI=1S/C22H34N4O2/c1-2-25-10-7-18-15-20(26-11-13-28-14-12-26)6-8-22(18,17-25)21(27)24-16-19-5-3-4-9-23-19/h3-5,9,18,20H,2,6-8,10-17H2,1H3,(H,24,27)/t18-,20+,22-/m1/s1. The second kappa shape index (κ2) is 8.89. The van der Waals surface area contributed by atoms with Crippen LogP contribution in [0.3, 0.4) is 0 Å². The zero-order valence-electron chi connectivity index (χ0n) is 17.1. The first-order valence-electron chi connectivity index (χ1n) is 10.9. The van der Waals surface area contributed by atoms with E-state index in [4.69, 9.17) is 4.74 Å². The normalized spacial score (nSPS) is 31.9. The maximum Gasteiger partial charge on any atom is 0.228 e. The van der Waals surface area contributed by atoms with Gasteiger partial charge in [-0.3, -0.25) is 14.7 Å². The minimum Gasteiger partial charge on any atom is -0.379 e. The Morgan fingerprint density at radius 3 is 2.89 bits per heavy atom. The van der Waals surface area contributed by atoms with Crippen LogP contribution in [0.2, 0.25) is 0 Å². The van der Waals surface area contributed by atoms with Crippen molar-refractivity contribution in [2.75, 3.05) is 45.9 Å². The Morgan fingerprint density at radius 1 is 1.29 bits per heavy atom. The van der Waals surface area contributed by atoms with Crippen molar-refractivity contribution >= 4 is 5.91 Å². The number of rotatable bonds is 5. The fourth-order valence-corrected chi connectivity index (χ4v) is 5.48. The van der Waals surface area contributed by atoms with Gasteiger partial charge < -0.3 is 15.0 Å². The van der Waals surface area contributed by atoms with Gasteiger partial charge in [-0.25, -0.2) is 0 Å². The number of hydrogen-bond donors (Lipinski definition) is 1. The molecule has 0 unspecified atom stereocenters. The summed E-state index contributed by atoms with van der Waals surface area (Å²) in [5.41, 5.74) is 0.681. The maximum atomic E-state index is 13.5. The predicted octanol–water partition coefficient (Wildman–Crippen LogP) is 1.91. The van der Waals surface area contributed by atoms with E-state index in [2.05, 4.69) is 27.0 Å². The van der Waals surface area contributed by atoms with E-state index < -0.39 is 0 Å². The van der Waals surface area contributed by atoms with E-state index in [1.54, 1.807) is 6.20 Å². The summed E-state index contributed by atoms with van der Waals surface area (Å²) in [5, 5.41) is 3.24. The number of piperidine rings is 1. The summed E-state index contributed by atoms with van der Waals surface area (Å²) < 4.78 is 5.54. The summed E-state index contributed by atoms with van der Waals surface area (Å²) in [6, 6.07) is 6.47. The number of carbonyl (C=O) groups excluding carboxylic acids is 1. The Kier molecular flexibility index (Phi) is 6.28. The van der Waals surface area contributed by atoms with Gasteiger partial charge in [-0.05, 0) is 56.8 Å². The number of pyridine rings is 1. The lowest BCUT2D eigenvalue weighted by molar-refractivity contribution is -0.145. The van der Waals surface area contributed by atoms with Gasteiger partial charge in [0.25, 0.3) is 0 Å². The lowest BCUT2D eigenvalue weighted by Crippen LogP contribution is -2.60. The minimum atomic E-state index is -0.244. The average Bonchev–Trinajstić information content (AvgIpc) is 2.77. The third-order valence-corrected chi connectivity index (χ3v) is 7.18. The molecule has 1 aliphatic carbocycles. The highest BCUT2D eigenvalue weighted by molar-refractivity contribution is 5.83. The van der Waals surface area contributed by atoms with Crippen molar-refractivity contribution in [1.29, 1.82) is 0 Å². The quantitative estimate of drug-likeness (QED) is 0.838. The van der Waals surface area contributed by atoms with Crippen LogP contribution in [0, 0.1) is 11.3 Å². The Morgan fingerprint density at radius 2 is 2.14 bits per heavy atom. The second-order valence-electron chi connectivity index (χ2n) is 8.59. The molecular weight excluding hydrogens is 352 g/mol. The molecular formula is C22H34N4O2. The lowest BCUT2D eigenvalue weighted by Gasteiger charge is -2.53. The number of fused-ring (bicyclic) bond motifs is 1. The second-order valence-corrected chi connectivity index (χ2v) is 8.59. The van der Waals surface area contributed by atoms with Gasteiger partial charge in [0.05, 0.1) is 30.9 Å². The number of likely N-dealkylation sites (tertiary alicyclic amines) is 1. The largest absolute Gasteiger partial charge is 0.379 e. The number of aromatic nitrogens is 1. The minimum absolute atomic E-state index is 0.238. The number of morpholine rings is 1. The lowest BCUT2D eigenvalue weighted by atomic mass is 9.61. The Labute approximate surface area is 168 Å². The number of amides is 1. The molecule has 0 radical (unpaired) electrons. The van der Waals surface area contributed by atoms with Crippen molar-refractivity contribution in [3.05, 3.63) is 30.1 Å². The van der Waals surface area contributed by atoms with Crippen LogP contribution in [0.4, 0.5) is 0 Å². The van der Waals surface area contributed by atoms with Crippen molar-refractivity contribution in [3.8, 4) is 0 Å². The number of nitrogens with one attached hydrogen (secondary N) is 1. The molecule has 6 heteroatoms. The summed E-state index contributed by atoms with van der Waals surface area (Å²) in [7, 11) is 0. The molecule has 2 aliphatic heterocycles. The Balaban J connectivity index is 1.46. The highest BCUT2D eigenvalue weighted by Gasteiger charge is 2.52. The van der Waals surface area contributed by atoms with E-state index in [1.165, 1.54) is 0 Å². The predicted molar refractivity (Wildman–Crippen MR) is 109 cm³/mol. The number of ether oxygens (including phenoxy) is 1. The zero-order chi connectivity index (χ0) is 19.4. The van der Waals surface area contributed by atoms with E-state index in [1.807, 2.05) is 18.2 Å². The molecule has 2 saturated heterocycles. The number of nitrogens with zero attached hydrogens (tertiary/aromatic N) is 3. The molecule has 0 spiro atoms. The van der Waals surface area contributed by atoms with Gasteiger partial charge in [0.15, 0.2) is 0 Å². The number of hydrogen-bond acceptors (Lipinski definition) is 5. The van der Waals surface area contributed by atoms with Crippen LogP contribution in [0.5, 0.6) is 0 Å². The fraction of sp³-hybridized carbons (Fsp3) is 0.727. The van der Waals surface area contributed by atoms with Gasteiger partial charge in [0, 0.05) is 31.9 Å². The molecule has 154 valence electrons. The molecule has 0 aromatic carbocycles. The molecule has 6 nitrogen and oxygen atoms in total. The van der Waals surface area contributed by atoms with Crippen molar-refractivity contribution in [3.63, 3.8) is 0 Å². The first kappa shape index (κ1) is 19.8.